The van der Waals surface area contributed by atoms with Gasteiger partial charge in [0.2, 0.25) is 0 Å². The summed E-state index contributed by atoms with van der Waals surface area (Å²) in [5.74, 6) is 0.596. The zero-order valence-electron chi connectivity index (χ0n) is 17.8. The van der Waals surface area contributed by atoms with Crippen LogP contribution in [0.5, 0.6) is 5.75 Å². The Morgan fingerprint density at radius 3 is 2.10 bits per heavy atom. The molecule has 2 rings (SSSR count). The predicted octanol–water partition coefficient (Wildman–Crippen LogP) is 4.68. The van der Waals surface area contributed by atoms with Gasteiger partial charge in [-0.15, -0.1) is 0 Å². The highest BCUT2D eigenvalue weighted by atomic mass is 16.5. The monoisotopic (exact) mass is 398 g/mol. The van der Waals surface area contributed by atoms with Gasteiger partial charge in [-0.3, -0.25) is 0 Å². The minimum absolute atomic E-state index is 0.321. The first kappa shape index (κ1) is 23.1. The molecule has 4 nitrogen and oxygen atoms in total. The van der Waals surface area contributed by atoms with E-state index in [1.807, 2.05) is 68.4 Å². The van der Waals surface area contributed by atoms with Gasteiger partial charge in [-0.05, 0) is 63.3 Å². The van der Waals surface area contributed by atoms with Crippen molar-refractivity contribution in [3.63, 3.8) is 0 Å². The minimum Gasteiger partial charge on any atom is -0.478 e. The van der Waals surface area contributed by atoms with Crippen LogP contribution in [0.25, 0.3) is 5.57 Å². The Balaban J connectivity index is 2.01. The van der Waals surface area contributed by atoms with E-state index in [9.17, 15) is 15.3 Å². The fraction of sp³-hybridized carbons (Fsp3) is 0.440. The van der Waals surface area contributed by atoms with Gasteiger partial charge in [-0.25, -0.2) is 0 Å². The van der Waals surface area contributed by atoms with Gasteiger partial charge in [0, 0.05) is 5.56 Å². The van der Waals surface area contributed by atoms with Gasteiger partial charge in [0.25, 0.3) is 0 Å². The summed E-state index contributed by atoms with van der Waals surface area (Å²) in [6.45, 7) is 5.13. The Bertz CT molecular complexity index is 754. The third kappa shape index (κ3) is 7.00. The van der Waals surface area contributed by atoms with Crippen LogP contribution in [0, 0.1) is 0 Å². The summed E-state index contributed by atoms with van der Waals surface area (Å²) >= 11 is 0. The van der Waals surface area contributed by atoms with Crippen molar-refractivity contribution in [2.75, 3.05) is 13.2 Å². The molecule has 0 unspecified atom stereocenters. The van der Waals surface area contributed by atoms with Gasteiger partial charge in [0.05, 0.1) is 18.8 Å². The molecule has 3 N–H and O–H groups in total. The molecule has 0 aliphatic heterocycles. The Morgan fingerprint density at radius 2 is 1.55 bits per heavy atom. The van der Waals surface area contributed by atoms with Crippen molar-refractivity contribution in [3.05, 3.63) is 71.8 Å². The third-order valence-electron chi connectivity index (χ3n) is 5.13. The highest BCUT2D eigenvalue weighted by molar-refractivity contribution is 5.64. The van der Waals surface area contributed by atoms with Gasteiger partial charge in [0.1, 0.15) is 5.75 Å². The van der Waals surface area contributed by atoms with E-state index >= 15 is 0 Å². The molecule has 0 heterocycles. The quantitative estimate of drug-likeness (QED) is 0.481. The topological polar surface area (TPSA) is 69.9 Å². The fourth-order valence-electron chi connectivity index (χ4n) is 3.25. The molecule has 0 saturated heterocycles. The van der Waals surface area contributed by atoms with Gasteiger partial charge >= 0.3 is 0 Å². The lowest BCUT2D eigenvalue weighted by Gasteiger charge is -2.31. The van der Waals surface area contributed by atoms with Crippen LogP contribution < -0.4 is 4.74 Å². The number of aliphatic hydroxyl groups excluding tert-OH is 2. The highest BCUT2D eigenvalue weighted by Crippen LogP contribution is 2.29. The van der Waals surface area contributed by atoms with Gasteiger partial charge in [-0.2, -0.15) is 0 Å². The molecule has 2 aromatic rings. The molecule has 158 valence electrons. The number of aliphatic hydroxyl groups is 3. The molecule has 0 spiro atoms. The summed E-state index contributed by atoms with van der Waals surface area (Å²) in [7, 11) is 0. The van der Waals surface area contributed by atoms with Crippen LogP contribution in [-0.2, 0) is 5.60 Å². The Labute approximate surface area is 174 Å². The summed E-state index contributed by atoms with van der Waals surface area (Å²) in [6.07, 6.45) is 6.06. The molecule has 0 saturated carbocycles. The van der Waals surface area contributed by atoms with Crippen LogP contribution in [0.15, 0.2) is 60.7 Å². The second-order valence-electron chi connectivity index (χ2n) is 8.25. The average molecular weight is 399 g/mol. The molecular weight excluding hydrogens is 364 g/mol. The van der Waals surface area contributed by atoms with E-state index in [4.69, 9.17) is 4.74 Å². The summed E-state index contributed by atoms with van der Waals surface area (Å²) < 4.78 is 6.02. The smallest absolute Gasteiger partial charge is 0.180 e. The standard InChI is InChI=1S/C25H34O4/c1-20(10-6-5-9-17-24(2,3)28)21-13-15-23(16-14-21)29-25(18-26,19-27)22-11-7-4-8-12-22/h4,7-8,10-16,26-28H,5-6,9,17-19H2,1-3H3/b20-10-. The van der Waals surface area contributed by atoms with Crippen molar-refractivity contribution in [1.82, 2.24) is 0 Å². The molecule has 0 aromatic heterocycles. The first-order valence-electron chi connectivity index (χ1n) is 10.3. The lowest BCUT2D eigenvalue weighted by atomic mass is 9.95. The summed E-state index contributed by atoms with van der Waals surface area (Å²) in [6, 6.07) is 17.0. The van der Waals surface area contributed by atoms with Crippen molar-refractivity contribution < 1.29 is 20.1 Å². The van der Waals surface area contributed by atoms with E-state index in [-0.39, 0.29) is 13.2 Å². The largest absolute Gasteiger partial charge is 0.478 e. The van der Waals surface area contributed by atoms with E-state index in [0.717, 1.165) is 36.8 Å². The average Bonchev–Trinajstić information content (AvgIpc) is 2.72. The molecule has 0 amide bonds. The van der Waals surface area contributed by atoms with Crippen molar-refractivity contribution in [1.29, 1.82) is 0 Å². The molecular formula is C25H34O4. The van der Waals surface area contributed by atoms with Crippen LogP contribution in [0.3, 0.4) is 0 Å². The number of hydrogen-bond acceptors (Lipinski definition) is 4. The van der Waals surface area contributed by atoms with Crippen LogP contribution in [-0.4, -0.2) is 34.1 Å². The second-order valence-corrected chi connectivity index (χ2v) is 8.25. The molecule has 0 aliphatic rings. The van der Waals surface area contributed by atoms with Gasteiger partial charge in [-0.1, -0.05) is 55.0 Å². The van der Waals surface area contributed by atoms with Gasteiger partial charge < -0.3 is 20.1 Å². The SMILES string of the molecule is C/C(=C/CCCCC(C)(C)O)c1ccc(OC(CO)(CO)c2ccccc2)cc1. The van der Waals surface area contributed by atoms with Crippen LogP contribution >= 0.6 is 0 Å². The van der Waals surface area contributed by atoms with Crippen LogP contribution in [0.2, 0.25) is 0 Å². The van der Waals surface area contributed by atoms with Crippen LogP contribution in [0.4, 0.5) is 0 Å². The summed E-state index contributed by atoms with van der Waals surface area (Å²) in [5, 5.41) is 29.6. The molecule has 0 aliphatic carbocycles. The van der Waals surface area contributed by atoms with Crippen molar-refractivity contribution in [2.45, 2.75) is 57.7 Å². The molecule has 0 atom stereocenters. The predicted molar refractivity (Wildman–Crippen MR) is 118 cm³/mol. The number of hydrogen-bond donors (Lipinski definition) is 3. The maximum absolute atomic E-state index is 9.92. The zero-order chi connectivity index (χ0) is 21.3. The van der Waals surface area contributed by atoms with Crippen molar-refractivity contribution >= 4 is 5.57 Å². The van der Waals surface area contributed by atoms with E-state index in [2.05, 4.69) is 13.0 Å². The lowest BCUT2D eigenvalue weighted by molar-refractivity contribution is -0.0385. The molecule has 0 bridgehead atoms. The first-order valence-corrected chi connectivity index (χ1v) is 10.3. The lowest BCUT2D eigenvalue weighted by Crippen LogP contribution is -2.41. The summed E-state index contributed by atoms with van der Waals surface area (Å²) in [4.78, 5) is 0. The van der Waals surface area contributed by atoms with Crippen LogP contribution in [0.1, 0.15) is 57.6 Å². The molecule has 4 heteroatoms. The third-order valence-corrected chi connectivity index (χ3v) is 5.13. The van der Waals surface area contributed by atoms with Crippen molar-refractivity contribution in [2.24, 2.45) is 0 Å². The molecule has 0 radical (unpaired) electrons. The van der Waals surface area contributed by atoms with E-state index < -0.39 is 11.2 Å². The molecule has 0 fully saturated rings. The number of benzene rings is 2. The number of rotatable bonds is 11. The maximum atomic E-state index is 9.92. The minimum atomic E-state index is -1.17. The second kappa shape index (κ2) is 10.6. The molecule has 29 heavy (non-hydrogen) atoms. The van der Waals surface area contributed by atoms with Crippen molar-refractivity contribution in [3.8, 4) is 5.75 Å². The summed E-state index contributed by atoms with van der Waals surface area (Å²) in [5.41, 5.74) is 1.27. The Kier molecular flexibility index (Phi) is 8.45. The zero-order valence-corrected chi connectivity index (χ0v) is 17.8. The number of allylic oxidation sites excluding steroid dienone is 2. The number of unbranched alkanes of at least 4 members (excludes halogenated alkanes) is 2. The highest BCUT2D eigenvalue weighted by Gasteiger charge is 2.33. The Morgan fingerprint density at radius 1 is 0.931 bits per heavy atom. The van der Waals surface area contributed by atoms with Gasteiger partial charge in [0.15, 0.2) is 5.60 Å². The fourth-order valence-corrected chi connectivity index (χ4v) is 3.25. The normalized spacial score (nSPS) is 12.8. The van der Waals surface area contributed by atoms with E-state index in [0.29, 0.717) is 5.75 Å². The van der Waals surface area contributed by atoms with E-state index in [1.54, 1.807) is 0 Å². The number of ether oxygens (including phenoxy) is 1. The maximum Gasteiger partial charge on any atom is 0.180 e. The molecule has 2 aromatic carbocycles. The van der Waals surface area contributed by atoms with E-state index in [1.165, 1.54) is 5.57 Å². The first-order chi connectivity index (χ1) is 13.8. The Hall–Kier alpha value is -2.14.